The predicted molar refractivity (Wildman–Crippen MR) is 55.4 cm³/mol. The molecule has 0 aromatic heterocycles. The van der Waals surface area contributed by atoms with Crippen LogP contribution in [0.3, 0.4) is 0 Å². The molecule has 0 aliphatic rings. The lowest BCUT2D eigenvalue weighted by Crippen LogP contribution is -1.86. The van der Waals surface area contributed by atoms with Crippen molar-refractivity contribution in [1.82, 2.24) is 0 Å². The highest BCUT2D eigenvalue weighted by atomic mass is 19.0. The van der Waals surface area contributed by atoms with E-state index < -0.39 is 0 Å². The number of aromatic hydroxyl groups is 1. The van der Waals surface area contributed by atoms with E-state index in [1.54, 1.807) is 12.1 Å². The molecule has 0 saturated carbocycles. The van der Waals surface area contributed by atoms with Gasteiger partial charge >= 0.3 is 0 Å². The van der Waals surface area contributed by atoms with Gasteiger partial charge in [0.1, 0.15) is 5.75 Å². The minimum Gasteiger partial charge on any atom is -0.507 e. The molecule has 16 heavy (non-hydrogen) atoms. The van der Waals surface area contributed by atoms with E-state index in [1.165, 1.54) is 0 Å². The van der Waals surface area contributed by atoms with Crippen molar-refractivity contribution in [2.75, 3.05) is 0 Å². The van der Waals surface area contributed by atoms with Gasteiger partial charge in [-0.25, -0.2) is 0 Å². The number of phenolic OH excluding ortho intramolecular Hbond substituents is 1. The van der Waals surface area contributed by atoms with E-state index in [0.29, 0.717) is 11.8 Å². The monoisotopic (exact) mass is 250 g/mol. The summed E-state index contributed by atoms with van der Waals surface area (Å²) in [5.74, 6) is 0.116. The SMILES string of the molecule is CCc1cccc(C=O)c1O.F.F.F.F.F. The highest BCUT2D eigenvalue weighted by Gasteiger charge is 2.02. The van der Waals surface area contributed by atoms with Crippen LogP contribution in [0.1, 0.15) is 22.8 Å². The molecular weight excluding hydrogens is 235 g/mol. The molecule has 0 amide bonds. The molecule has 0 atom stereocenters. The molecular formula is C9H15F5O2. The third-order valence-corrected chi connectivity index (χ3v) is 1.66. The van der Waals surface area contributed by atoms with E-state index in [4.69, 9.17) is 0 Å². The van der Waals surface area contributed by atoms with Crippen molar-refractivity contribution in [1.29, 1.82) is 0 Å². The summed E-state index contributed by atoms with van der Waals surface area (Å²) in [6.45, 7) is 1.93. The Morgan fingerprint density at radius 1 is 1.12 bits per heavy atom. The Balaban J connectivity index is -0.0000000807. The number of carbonyl (C=O) groups excluding carboxylic acids is 1. The van der Waals surface area contributed by atoms with E-state index in [2.05, 4.69) is 0 Å². The molecule has 98 valence electrons. The van der Waals surface area contributed by atoms with E-state index >= 15 is 0 Å². The van der Waals surface area contributed by atoms with Gasteiger partial charge in [0.15, 0.2) is 6.29 Å². The molecule has 0 unspecified atom stereocenters. The lowest BCUT2D eigenvalue weighted by molar-refractivity contribution is 0.112. The zero-order valence-corrected chi connectivity index (χ0v) is 8.41. The van der Waals surface area contributed by atoms with Gasteiger partial charge in [0.05, 0.1) is 5.56 Å². The smallest absolute Gasteiger partial charge is 0.153 e. The summed E-state index contributed by atoms with van der Waals surface area (Å²) in [5.41, 5.74) is 1.18. The molecule has 1 aromatic rings. The average molecular weight is 250 g/mol. The zero-order chi connectivity index (χ0) is 8.27. The van der Waals surface area contributed by atoms with Gasteiger partial charge in [-0.1, -0.05) is 19.1 Å². The number of hydrogen-bond donors (Lipinski definition) is 1. The quantitative estimate of drug-likeness (QED) is 0.647. The van der Waals surface area contributed by atoms with Crippen molar-refractivity contribution in [3.05, 3.63) is 29.3 Å². The van der Waals surface area contributed by atoms with Crippen LogP contribution in [0.5, 0.6) is 5.75 Å². The Labute approximate surface area is 89.1 Å². The maximum absolute atomic E-state index is 10.3. The lowest BCUT2D eigenvalue weighted by atomic mass is 10.1. The summed E-state index contributed by atoms with van der Waals surface area (Å²) >= 11 is 0. The van der Waals surface area contributed by atoms with E-state index in [9.17, 15) is 9.90 Å². The van der Waals surface area contributed by atoms with Crippen LogP contribution >= 0.6 is 0 Å². The summed E-state index contributed by atoms with van der Waals surface area (Å²) in [4.78, 5) is 10.3. The number of para-hydroxylation sites is 1. The number of rotatable bonds is 2. The van der Waals surface area contributed by atoms with Gasteiger partial charge in [0, 0.05) is 0 Å². The van der Waals surface area contributed by atoms with Crippen molar-refractivity contribution >= 4 is 6.29 Å². The van der Waals surface area contributed by atoms with Crippen LogP contribution in [0.2, 0.25) is 0 Å². The number of aryl methyl sites for hydroxylation is 1. The number of halogens is 5. The normalized spacial score (nSPS) is 6.56. The second kappa shape index (κ2) is 13.3. The number of carbonyl (C=O) groups is 1. The first-order chi connectivity index (χ1) is 5.29. The minimum absolute atomic E-state index is 0. The number of phenols is 1. The Bertz CT molecular complexity index is 281. The molecule has 0 saturated heterocycles. The number of benzene rings is 1. The molecule has 2 nitrogen and oxygen atoms in total. The highest BCUT2D eigenvalue weighted by Crippen LogP contribution is 2.20. The molecule has 0 bridgehead atoms. The van der Waals surface area contributed by atoms with Gasteiger partial charge in [0.25, 0.3) is 0 Å². The van der Waals surface area contributed by atoms with Crippen LogP contribution in [-0.2, 0) is 6.42 Å². The summed E-state index contributed by atoms with van der Waals surface area (Å²) in [6, 6.07) is 5.17. The summed E-state index contributed by atoms with van der Waals surface area (Å²) in [5, 5.41) is 9.36. The molecule has 0 heterocycles. The minimum atomic E-state index is 0. The third-order valence-electron chi connectivity index (χ3n) is 1.66. The van der Waals surface area contributed by atoms with Crippen LogP contribution in [0, 0.1) is 0 Å². The second-order valence-electron chi connectivity index (χ2n) is 2.33. The molecule has 7 heteroatoms. The van der Waals surface area contributed by atoms with Crippen molar-refractivity contribution < 1.29 is 33.4 Å². The zero-order valence-electron chi connectivity index (χ0n) is 8.41. The second-order valence-corrected chi connectivity index (χ2v) is 2.33. The Kier molecular flexibility index (Phi) is 24.4. The molecule has 0 aliphatic carbocycles. The van der Waals surface area contributed by atoms with E-state index in [0.717, 1.165) is 12.0 Å². The van der Waals surface area contributed by atoms with Crippen LogP contribution in [0.4, 0.5) is 23.5 Å². The van der Waals surface area contributed by atoms with Crippen LogP contribution in [-0.4, -0.2) is 11.4 Å². The van der Waals surface area contributed by atoms with E-state index in [1.807, 2.05) is 13.0 Å². The van der Waals surface area contributed by atoms with Crippen molar-refractivity contribution in [2.24, 2.45) is 0 Å². The Hall–Kier alpha value is -1.66. The topological polar surface area (TPSA) is 37.3 Å². The maximum Gasteiger partial charge on any atom is 0.153 e. The predicted octanol–water partition coefficient (Wildman–Crippen LogP) is 2.53. The van der Waals surface area contributed by atoms with Crippen molar-refractivity contribution in [3.63, 3.8) is 0 Å². The molecule has 1 rings (SSSR count). The number of aldehydes is 1. The summed E-state index contributed by atoms with van der Waals surface area (Å²) < 4.78 is 0. The largest absolute Gasteiger partial charge is 0.507 e. The molecule has 0 fully saturated rings. The van der Waals surface area contributed by atoms with Gasteiger partial charge in [0.2, 0.25) is 0 Å². The first-order valence-electron chi connectivity index (χ1n) is 3.55. The molecule has 0 spiro atoms. The van der Waals surface area contributed by atoms with Gasteiger partial charge in [-0.15, -0.1) is 0 Å². The number of hydrogen-bond acceptors (Lipinski definition) is 2. The van der Waals surface area contributed by atoms with Gasteiger partial charge in [-0.3, -0.25) is 28.3 Å². The Morgan fingerprint density at radius 3 is 2.00 bits per heavy atom. The fraction of sp³-hybridized carbons (Fsp3) is 0.222. The highest BCUT2D eigenvalue weighted by molar-refractivity contribution is 5.79. The summed E-state index contributed by atoms with van der Waals surface area (Å²) in [6.07, 6.45) is 1.40. The molecule has 1 aromatic carbocycles. The average Bonchev–Trinajstić information content (AvgIpc) is 2.05. The fourth-order valence-electron chi connectivity index (χ4n) is 0.992. The standard InChI is InChI=1S/C9H10O2.5FH/c1-2-7-4-3-5-8(6-10)9(7)11;;;;;/h3-6,11H,2H2,1H3;5*1H. The van der Waals surface area contributed by atoms with E-state index in [-0.39, 0.29) is 29.3 Å². The van der Waals surface area contributed by atoms with Gasteiger partial charge < -0.3 is 5.11 Å². The van der Waals surface area contributed by atoms with Gasteiger partial charge in [-0.2, -0.15) is 0 Å². The fourth-order valence-corrected chi connectivity index (χ4v) is 0.992. The van der Waals surface area contributed by atoms with Crippen molar-refractivity contribution in [2.45, 2.75) is 13.3 Å². The molecule has 0 aliphatic heterocycles. The van der Waals surface area contributed by atoms with Crippen LogP contribution in [0.25, 0.3) is 0 Å². The summed E-state index contributed by atoms with van der Waals surface area (Å²) in [7, 11) is 0. The lowest BCUT2D eigenvalue weighted by Gasteiger charge is -2.01. The van der Waals surface area contributed by atoms with Gasteiger partial charge in [-0.05, 0) is 18.1 Å². The van der Waals surface area contributed by atoms with Crippen molar-refractivity contribution in [3.8, 4) is 5.75 Å². The van der Waals surface area contributed by atoms with Crippen LogP contribution < -0.4 is 0 Å². The first kappa shape index (κ1) is 29.3. The third kappa shape index (κ3) is 5.94. The molecule has 0 radical (unpaired) electrons. The molecule has 1 N–H and O–H groups in total. The van der Waals surface area contributed by atoms with Crippen LogP contribution in [0.15, 0.2) is 18.2 Å². The first-order valence-corrected chi connectivity index (χ1v) is 3.55. The Morgan fingerprint density at radius 2 is 1.62 bits per heavy atom. The maximum atomic E-state index is 10.3.